The van der Waals surface area contributed by atoms with Crippen LogP contribution in [0.25, 0.3) is 0 Å². The van der Waals surface area contributed by atoms with Crippen LogP contribution in [0.5, 0.6) is 0 Å². The molecular weight excluding hydrogens is 340 g/mol. The molecule has 6 heteroatoms. The standard InChI is InChI=1S/C21H30N4O2/c1-18-22-11-12-24(18)16-21(27)15-23(2)13-14-25(17-21)20(26)10-6-9-19-7-4-3-5-8-19/h3-5,7-8,11-12,27H,6,9-10,13-17H2,1-2H3. The van der Waals surface area contributed by atoms with Gasteiger partial charge in [0.1, 0.15) is 11.4 Å². The number of hydrogen-bond donors (Lipinski definition) is 1. The van der Waals surface area contributed by atoms with E-state index in [0.29, 0.717) is 32.6 Å². The molecule has 1 unspecified atom stereocenters. The second-order valence-electron chi connectivity index (χ2n) is 7.72. The van der Waals surface area contributed by atoms with Gasteiger partial charge < -0.3 is 19.5 Å². The van der Waals surface area contributed by atoms with E-state index in [1.807, 2.05) is 47.8 Å². The first-order valence-electron chi connectivity index (χ1n) is 9.66. The van der Waals surface area contributed by atoms with Gasteiger partial charge in [-0.15, -0.1) is 0 Å². The molecule has 1 saturated heterocycles. The Morgan fingerprint density at radius 3 is 2.70 bits per heavy atom. The number of amides is 1. The Morgan fingerprint density at radius 1 is 1.22 bits per heavy atom. The summed E-state index contributed by atoms with van der Waals surface area (Å²) < 4.78 is 1.96. The van der Waals surface area contributed by atoms with Crippen LogP contribution in [0.4, 0.5) is 0 Å². The molecule has 1 amide bonds. The van der Waals surface area contributed by atoms with Crippen molar-refractivity contribution in [1.29, 1.82) is 0 Å². The number of aromatic nitrogens is 2. The van der Waals surface area contributed by atoms with E-state index >= 15 is 0 Å². The van der Waals surface area contributed by atoms with Crippen molar-refractivity contribution < 1.29 is 9.90 Å². The van der Waals surface area contributed by atoms with Gasteiger partial charge in [0.25, 0.3) is 0 Å². The van der Waals surface area contributed by atoms with Crippen LogP contribution in [0.3, 0.4) is 0 Å². The Hall–Kier alpha value is -2.18. The van der Waals surface area contributed by atoms with Gasteiger partial charge in [0.05, 0.1) is 13.1 Å². The molecule has 1 fully saturated rings. The lowest BCUT2D eigenvalue weighted by Gasteiger charge is -2.33. The number of hydrogen-bond acceptors (Lipinski definition) is 4. The van der Waals surface area contributed by atoms with Crippen LogP contribution in [-0.2, 0) is 17.8 Å². The largest absolute Gasteiger partial charge is 0.385 e. The summed E-state index contributed by atoms with van der Waals surface area (Å²) in [6, 6.07) is 10.3. The molecule has 3 rings (SSSR count). The Bertz CT molecular complexity index is 746. The first-order valence-corrected chi connectivity index (χ1v) is 9.66. The molecule has 2 aromatic rings. The maximum absolute atomic E-state index is 12.8. The number of nitrogens with zero attached hydrogens (tertiary/aromatic N) is 4. The molecule has 0 aliphatic carbocycles. The average molecular weight is 370 g/mol. The van der Waals surface area contributed by atoms with Crippen LogP contribution < -0.4 is 0 Å². The molecular formula is C21H30N4O2. The van der Waals surface area contributed by atoms with Crippen LogP contribution in [0.15, 0.2) is 42.7 Å². The predicted octanol–water partition coefficient (Wildman–Crippen LogP) is 1.72. The van der Waals surface area contributed by atoms with Crippen LogP contribution in [-0.4, -0.2) is 69.2 Å². The summed E-state index contributed by atoms with van der Waals surface area (Å²) >= 11 is 0. The average Bonchev–Trinajstić information content (AvgIpc) is 2.95. The van der Waals surface area contributed by atoms with Gasteiger partial charge in [0.2, 0.25) is 5.91 Å². The fraction of sp³-hybridized carbons (Fsp3) is 0.524. The van der Waals surface area contributed by atoms with E-state index in [0.717, 1.165) is 25.2 Å². The minimum Gasteiger partial charge on any atom is -0.385 e. The van der Waals surface area contributed by atoms with Gasteiger partial charge in [-0.1, -0.05) is 30.3 Å². The summed E-state index contributed by atoms with van der Waals surface area (Å²) in [7, 11) is 2.00. The molecule has 1 aromatic heterocycles. The Morgan fingerprint density at radius 2 is 2.00 bits per heavy atom. The van der Waals surface area contributed by atoms with Crippen molar-refractivity contribution in [3.05, 3.63) is 54.1 Å². The Balaban J connectivity index is 1.60. The van der Waals surface area contributed by atoms with E-state index in [1.165, 1.54) is 5.56 Å². The lowest BCUT2D eigenvalue weighted by molar-refractivity contribution is -0.134. The summed E-state index contributed by atoms with van der Waals surface area (Å²) in [6.07, 6.45) is 5.86. The monoisotopic (exact) mass is 370 g/mol. The fourth-order valence-corrected chi connectivity index (χ4v) is 3.80. The second-order valence-corrected chi connectivity index (χ2v) is 7.72. The number of benzene rings is 1. The van der Waals surface area contributed by atoms with Gasteiger partial charge >= 0.3 is 0 Å². The molecule has 0 bridgehead atoms. The minimum absolute atomic E-state index is 0.127. The number of likely N-dealkylation sites (N-methyl/N-ethyl adjacent to an activating group) is 1. The molecule has 2 heterocycles. The number of carbonyl (C=O) groups is 1. The minimum atomic E-state index is -0.980. The highest BCUT2D eigenvalue weighted by molar-refractivity contribution is 5.76. The summed E-state index contributed by atoms with van der Waals surface area (Å²) in [4.78, 5) is 21.0. The molecule has 1 aromatic carbocycles. The highest BCUT2D eigenvalue weighted by Gasteiger charge is 2.36. The van der Waals surface area contributed by atoms with Crippen molar-refractivity contribution in [2.45, 2.75) is 38.3 Å². The maximum Gasteiger partial charge on any atom is 0.222 e. The van der Waals surface area contributed by atoms with E-state index in [9.17, 15) is 9.90 Å². The Kier molecular flexibility index (Phi) is 6.29. The van der Waals surface area contributed by atoms with Gasteiger partial charge in [-0.25, -0.2) is 4.98 Å². The fourth-order valence-electron chi connectivity index (χ4n) is 3.80. The van der Waals surface area contributed by atoms with Crippen molar-refractivity contribution in [2.75, 3.05) is 33.2 Å². The van der Waals surface area contributed by atoms with E-state index in [4.69, 9.17) is 0 Å². The van der Waals surface area contributed by atoms with E-state index in [1.54, 1.807) is 6.20 Å². The Labute approximate surface area is 161 Å². The van der Waals surface area contributed by atoms with Gasteiger partial charge in [-0.2, -0.15) is 0 Å². The van der Waals surface area contributed by atoms with Crippen LogP contribution in [0.2, 0.25) is 0 Å². The zero-order valence-electron chi connectivity index (χ0n) is 16.3. The van der Waals surface area contributed by atoms with Crippen molar-refractivity contribution in [3.63, 3.8) is 0 Å². The molecule has 1 N–H and O–H groups in total. The van der Waals surface area contributed by atoms with Crippen LogP contribution >= 0.6 is 0 Å². The van der Waals surface area contributed by atoms with E-state index in [2.05, 4.69) is 22.0 Å². The highest BCUT2D eigenvalue weighted by Crippen LogP contribution is 2.18. The zero-order valence-corrected chi connectivity index (χ0v) is 16.3. The van der Waals surface area contributed by atoms with Crippen LogP contribution in [0.1, 0.15) is 24.2 Å². The molecule has 6 nitrogen and oxygen atoms in total. The second kappa shape index (κ2) is 8.67. The third kappa shape index (κ3) is 5.40. The summed E-state index contributed by atoms with van der Waals surface area (Å²) in [5.74, 6) is 0.998. The molecule has 0 radical (unpaired) electrons. The van der Waals surface area contributed by atoms with Gasteiger partial charge in [0, 0.05) is 38.4 Å². The SMILES string of the molecule is Cc1nccn1CC1(O)CN(C)CCN(C(=O)CCCc2ccccc2)C1. The van der Waals surface area contributed by atoms with Crippen molar-refractivity contribution in [3.8, 4) is 0 Å². The van der Waals surface area contributed by atoms with E-state index in [-0.39, 0.29) is 5.91 Å². The molecule has 27 heavy (non-hydrogen) atoms. The first kappa shape index (κ1) is 19.6. The smallest absolute Gasteiger partial charge is 0.222 e. The summed E-state index contributed by atoms with van der Waals surface area (Å²) in [6.45, 7) is 4.70. The quantitative estimate of drug-likeness (QED) is 0.841. The number of rotatable bonds is 6. The third-order valence-corrected chi connectivity index (χ3v) is 5.24. The summed E-state index contributed by atoms with van der Waals surface area (Å²) in [5, 5.41) is 11.3. The van der Waals surface area contributed by atoms with Crippen molar-refractivity contribution in [1.82, 2.24) is 19.4 Å². The highest BCUT2D eigenvalue weighted by atomic mass is 16.3. The number of aryl methyl sites for hydroxylation is 2. The summed E-state index contributed by atoms with van der Waals surface area (Å²) in [5.41, 5.74) is 0.277. The number of carbonyl (C=O) groups excluding carboxylic acids is 1. The van der Waals surface area contributed by atoms with Gasteiger partial charge in [0.15, 0.2) is 0 Å². The van der Waals surface area contributed by atoms with Gasteiger partial charge in [-0.3, -0.25) is 4.79 Å². The van der Waals surface area contributed by atoms with Crippen LogP contribution in [0, 0.1) is 6.92 Å². The topological polar surface area (TPSA) is 61.6 Å². The van der Waals surface area contributed by atoms with Crippen molar-refractivity contribution >= 4 is 5.91 Å². The number of aliphatic hydroxyl groups is 1. The maximum atomic E-state index is 12.8. The van der Waals surface area contributed by atoms with Crippen molar-refractivity contribution in [2.24, 2.45) is 0 Å². The zero-order chi connectivity index (χ0) is 19.3. The third-order valence-electron chi connectivity index (χ3n) is 5.24. The number of imidazole rings is 1. The number of β-amino-alcohol motifs (C(OH)–C–C–N with tert-alkyl or cyclic N) is 1. The lowest BCUT2D eigenvalue weighted by Crippen LogP contribution is -2.50. The molecule has 1 aliphatic heterocycles. The molecule has 1 atom stereocenters. The normalized spacial score (nSPS) is 21.2. The molecule has 0 spiro atoms. The van der Waals surface area contributed by atoms with E-state index < -0.39 is 5.60 Å². The lowest BCUT2D eigenvalue weighted by atomic mass is 10.0. The molecule has 1 aliphatic rings. The molecule has 0 saturated carbocycles. The first-order chi connectivity index (χ1) is 13.0. The van der Waals surface area contributed by atoms with Gasteiger partial charge in [-0.05, 0) is 32.4 Å². The molecule has 146 valence electrons. The predicted molar refractivity (Wildman–Crippen MR) is 105 cm³/mol.